The Kier molecular flexibility index (Phi) is 79.2. The zero-order chi connectivity index (χ0) is 78.3. The summed E-state index contributed by atoms with van der Waals surface area (Å²) in [6.07, 6.45) is 74.9. The van der Waals surface area contributed by atoms with E-state index in [4.69, 9.17) is 37.0 Å². The van der Waals surface area contributed by atoms with Gasteiger partial charge in [-0.3, -0.25) is 37.3 Å². The van der Waals surface area contributed by atoms with E-state index in [0.29, 0.717) is 25.7 Å². The van der Waals surface area contributed by atoms with Gasteiger partial charge in [0, 0.05) is 25.7 Å². The van der Waals surface area contributed by atoms with Crippen molar-refractivity contribution in [2.24, 2.45) is 5.92 Å². The number of ether oxygens (including phenoxy) is 4. The van der Waals surface area contributed by atoms with Gasteiger partial charge in [0.25, 0.3) is 0 Å². The predicted octanol–water partition coefficient (Wildman–Crippen LogP) is 27.2. The van der Waals surface area contributed by atoms with Gasteiger partial charge in [-0.1, -0.05) is 426 Å². The number of rotatable bonds is 88. The number of aliphatic hydroxyl groups excluding tert-OH is 1. The average molecular weight is 1560 g/mol. The molecule has 0 fully saturated rings. The van der Waals surface area contributed by atoms with Gasteiger partial charge in [0.2, 0.25) is 0 Å². The first kappa shape index (κ1) is 105. The van der Waals surface area contributed by atoms with Crippen molar-refractivity contribution < 1.29 is 80.2 Å². The molecule has 2 unspecified atom stereocenters. The van der Waals surface area contributed by atoms with Crippen LogP contribution in [0.5, 0.6) is 0 Å². The fourth-order valence-corrected chi connectivity index (χ4v) is 15.4. The second-order valence-corrected chi connectivity index (χ2v) is 35.0. The highest BCUT2D eigenvalue weighted by molar-refractivity contribution is 7.47. The highest BCUT2D eigenvalue weighted by Crippen LogP contribution is 2.45. The molecule has 0 aliphatic carbocycles. The maximum Gasteiger partial charge on any atom is 0.472 e. The minimum absolute atomic E-state index is 0.109. The quantitative estimate of drug-likeness (QED) is 0.0222. The van der Waals surface area contributed by atoms with Crippen LogP contribution in [0.15, 0.2) is 0 Å². The Bertz CT molecular complexity index is 2030. The van der Waals surface area contributed by atoms with Crippen LogP contribution in [0.1, 0.15) is 478 Å². The predicted molar refractivity (Wildman–Crippen MR) is 442 cm³/mol. The topological polar surface area (TPSA) is 237 Å². The summed E-state index contributed by atoms with van der Waals surface area (Å²) in [6.45, 7) is 7.41. The Labute approximate surface area is 658 Å². The molecule has 0 radical (unpaired) electrons. The van der Waals surface area contributed by atoms with E-state index in [2.05, 4.69) is 34.6 Å². The molecule has 0 aliphatic heterocycles. The molecule has 0 bridgehead atoms. The summed E-state index contributed by atoms with van der Waals surface area (Å²) in [4.78, 5) is 73.3. The van der Waals surface area contributed by atoms with Crippen LogP contribution in [-0.4, -0.2) is 96.7 Å². The van der Waals surface area contributed by atoms with Crippen LogP contribution in [0, 0.1) is 5.92 Å². The minimum Gasteiger partial charge on any atom is -0.462 e. The van der Waals surface area contributed by atoms with Crippen LogP contribution in [0.3, 0.4) is 0 Å². The first-order chi connectivity index (χ1) is 52.0. The van der Waals surface area contributed by atoms with Gasteiger partial charge in [0.1, 0.15) is 19.3 Å². The average Bonchev–Trinajstić information content (AvgIpc) is 0.907. The van der Waals surface area contributed by atoms with Crippen molar-refractivity contribution in [2.75, 3.05) is 39.6 Å². The van der Waals surface area contributed by atoms with E-state index in [0.717, 1.165) is 95.8 Å². The number of carbonyl (C=O) groups is 4. The Morgan fingerprint density at radius 1 is 0.252 bits per heavy atom. The van der Waals surface area contributed by atoms with Crippen LogP contribution >= 0.6 is 15.6 Å². The Balaban J connectivity index is 5.24. The van der Waals surface area contributed by atoms with E-state index in [1.165, 1.54) is 302 Å². The molecule has 0 aromatic carbocycles. The molecule has 0 saturated heterocycles. The third-order valence-corrected chi connectivity index (χ3v) is 22.7. The lowest BCUT2D eigenvalue weighted by molar-refractivity contribution is -0.161. The van der Waals surface area contributed by atoms with Gasteiger partial charge in [-0.15, -0.1) is 0 Å². The second-order valence-electron chi connectivity index (χ2n) is 32.1. The van der Waals surface area contributed by atoms with Gasteiger partial charge >= 0.3 is 39.5 Å². The van der Waals surface area contributed by atoms with Gasteiger partial charge in [-0.2, -0.15) is 0 Å². The fourth-order valence-electron chi connectivity index (χ4n) is 13.8. The molecule has 0 rings (SSSR count). The first-order valence-corrected chi connectivity index (χ1v) is 48.6. The highest BCUT2D eigenvalue weighted by atomic mass is 31.2. The summed E-state index contributed by atoms with van der Waals surface area (Å²) in [5.41, 5.74) is 0. The third-order valence-electron chi connectivity index (χ3n) is 20.8. The summed E-state index contributed by atoms with van der Waals surface area (Å²) in [5, 5.41) is 10.7. The monoisotopic (exact) mass is 1560 g/mol. The summed E-state index contributed by atoms with van der Waals surface area (Å²) >= 11 is 0. The molecule has 0 heterocycles. The molecule has 19 heteroatoms. The molecule has 17 nitrogen and oxygen atoms in total. The van der Waals surface area contributed by atoms with E-state index in [-0.39, 0.29) is 25.7 Å². The van der Waals surface area contributed by atoms with Crippen LogP contribution in [-0.2, 0) is 65.4 Å². The molecule has 0 spiro atoms. The molecular weight excluding hydrogens is 1390 g/mol. The van der Waals surface area contributed by atoms with Crippen molar-refractivity contribution in [3.8, 4) is 0 Å². The summed E-state index contributed by atoms with van der Waals surface area (Å²) in [7, 11) is -9.93. The minimum atomic E-state index is -4.97. The second kappa shape index (κ2) is 80.7. The summed E-state index contributed by atoms with van der Waals surface area (Å²) < 4.78 is 69.0. The van der Waals surface area contributed by atoms with E-state index >= 15 is 0 Å². The van der Waals surface area contributed by atoms with Gasteiger partial charge in [-0.25, -0.2) is 9.13 Å². The van der Waals surface area contributed by atoms with Crippen LogP contribution in [0.25, 0.3) is 0 Å². The maximum absolute atomic E-state index is 13.2. The van der Waals surface area contributed by atoms with E-state index in [1.54, 1.807) is 0 Å². The lowest BCUT2D eigenvalue weighted by atomic mass is 10.0. The Hall–Kier alpha value is -1.94. The standard InChI is InChI=1S/C88H172O17P2/c1-6-9-12-15-18-21-24-26-28-30-31-32-34-40-44-49-54-59-64-69-74-88(93)105-84(78-99-86(91)72-67-62-57-52-47-42-38-36-35-37-41-46-50-55-60-65-70-81(4)5)80-103-107(96,97)101-76-82(89)75-100-106(94,95)102-79-83(77-98-85(90)71-66-61-56-51-45-23-20-17-14-11-8-3)104-87(92)73-68-63-58-53-48-43-39-33-29-27-25-22-19-16-13-10-7-2/h81-84,89H,6-80H2,1-5H3,(H,94,95)(H,96,97)/t82-,83+,84+/m0/s1. The van der Waals surface area contributed by atoms with Gasteiger partial charge in [0.15, 0.2) is 12.2 Å². The number of esters is 4. The normalized spacial score (nSPS) is 13.7. The molecule has 107 heavy (non-hydrogen) atoms. The van der Waals surface area contributed by atoms with Crippen molar-refractivity contribution in [3.63, 3.8) is 0 Å². The Morgan fingerprint density at radius 2 is 0.430 bits per heavy atom. The van der Waals surface area contributed by atoms with Crippen molar-refractivity contribution >= 4 is 39.5 Å². The zero-order valence-corrected chi connectivity index (χ0v) is 72.1. The zero-order valence-electron chi connectivity index (χ0n) is 70.3. The third kappa shape index (κ3) is 81.9. The molecule has 5 atom stereocenters. The van der Waals surface area contributed by atoms with Crippen molar-refractivity contribution in [1.29, 1.82) is 0 Å². The van der Waals surface area contributed by atoms with E-state index in [9.17, 15) is 43.2 Å². The summed E-state index contributed by atoms with van der Waals surface area (Å²) in [5.74, 6) is -1.28. The van der Waals surface area contributed by atoms with Gasteiger partial charge < -0.3 is 33.8 Å². The van der Waals surface area contributed by atoms with Crippen molar-refractivity contribution in [2.45, 2.75) is 496 Å². The lowest BCUT2D eigenvalue weighted by Gasteiger charge is -2.21. The van der Waals surface area contributed by atoms with Gasteiger partial charge in [-0.05, 0) is 31.6 Å². The number of unbranched alkanes of at least 4 members (excludes halogenated alkanes) is 60. The maximum atomic E-state index is 13.2. The molecule has 0 aromatic rings. The van der Waals surface area contributed by atoms with Crippen LogP contribution in [0.4, 0.5) is 0 Å². The molecule has 0 aliphatic rings. The molecular formula is C88H172O17P2. The number of phosphoric acid groups is 2. The highest BCUT2D eigenvalue weighted by Gasteiger charge is 2.30. The van der Waals surface area contributed by atoms with Gasteiger partial charge in [0.05, 0.1) is 26.4 Å². The number of phosphoric ester groups is 2. The molecule has 636 valence electrons. The van der Waals surface area contributed by atoms with Crippen LogP contribution < -0.4 is 0 Å². The number of hydrogen-bond acceptors (Lipinski definition) is 15. The number of carbonyl (C=O) groups excluding carboxylic acids is 4. The Morgan fingerprint density at radius 3 is 0.636 bits per heavy atom. The smallest absolute Gasteiger partial charge is 0.462 e. The largest absolute Gasteiger partial charge is 0.472 e. The fraction of sp³-hybridized carbons (Fsp3) is 0.955. The molecule has 0 aromatic heterocycles. The lowest BCUT2D eigenvalue weighted by Crippen LogP contribution is -2.30. The summed E-state index contributed by atoms with van der Waals surface area (Å²) in [6, 6.07) is 0. The SMILES string of the molecule is CCCCCCCCCCCCCCCCCCCCCCC(=O)O[C@H](COC(=O)CCCCCCCCCCCCCCCCCCC(C)C)COP(=O)(O)OC[C@@H](O)COP(=O)(O)OC[C@@H](COC(=O)CCCCCCCCCCCCC)OC(=O)CCCCCCCCCCCCCCCCCCC. The number of aliphatic hydroxyl groups is 1. The molecule has 0 amide bonds. The van der Waals surface area contributed by atoms with E-state index < -0.39 is 97.5 Å². The molecule has 3 N–H and O–H groups in total. The van der Waals surface area contributed by atoms with Crippen molar-refractivity contribution in [3.05, 3.63) is 0 Å². The van der Waals surface area contributed by atoms with Crippen LogP contribution in [0.2, 0.25) is 0 Å². The number of hydrogen-bond donors (Lipinski definition) is 3. The van der Waals surface area contributed by atoms with Crippen molar-refractivity contribution in [1.82, 2.24) is 0 Å². The molecule has 0 saturated carbocycles. The first-order valence-electron chi connectivity index (χ1n) is 45.6. The van der Waals surface area contributed by atoms with E-state index in [1.807, 2.05) is 0 Å².